The summed E-state index contributed by atoms with van der Waals surface area (Å²) < 4.78 is 5.14. The van der Waals surface area contributed by atoms with E-state index in [1.165, 1.54) is 0 Å². The number of guanidine groups is 1. The predicted octanol–water partition coefficient (Wildman–Crippen LogP) is 2.57. The maximum absolute atomic E-state index is 13.4. The van der Waals surface area contributed by atoms with Crippen LogP contribution in [0.4, 0.5) is 22.0 Å². The van der Waals surface area contributed by atoms with Gasteiger partial charge in [0.25, 0.3) is 0 Å². The van der Waals surface area contributed by atoms with Crippen molar-refractivity contribution in [1.82, 2.24) is 9.88 Å². The lowest BCUT2D eigenvalue weighted by Crippen LogP contribution is -2.60. The number of carbonyl (C=O) groups excluding carboxylic acids is 1. The normalized spacial score (nSPS) is 23.1. The second kappa shape index (κ2) is 7.33. The minimum atomic E-state index is -0.396. The number of methoxy groups -OCH3 is 1. The highest BCUT2D eigenvalue weighted by Gasteiger charge is 2.46. The molecule has 2 amide bonds. The SMILES string of the molecule is COc1ccc(NC2=NC3C(C=N2)CN(C2CC2)C(=O)N3c2cccc(N)c2)nc1. The number of benzene rings is 1. The van der Waals surface area contributed by atoms with Crippen LogP contribution in [-0.4, -0.2) is 54.0 Å². The number of aliphatic imine (C=N–C) groups is 2. The number of anilines is 3. The van der Waals surface area contributed by atoms with Gasteiger partial charge in [-0.25, -0.2) is 19.8 Å². The van der Waals surface area contributed by atoms with Gasteiger partial charge in [-0.05, 0) is 43.2 Å². The van der Waals surface area contributed by atoms with Crippen molar-refractivity contribution < 1.29 is 9.53 Å². The topological polar surface area (TPSA) is 108 Å². The number of hydrogen-bond donors (Lipinski definition) is 2. The first-order valence-electron chi connectivity index (χ1n) is 9.97. The third-order valence-corrected chi connectivity index (χ3v) is 5.50. The molecule has 3 N–H and O–H groups in total. The van der Waals surface area contributed by atoms with Crippen molar-refractivity contribution in [3.05, 3.63) is 42.6 Å². The number of nitrogens with two attached hydrogens (primary N) is 1. The monoisotopic (exact) mass is 405 g/mol. The molecule has 1 aromatic heterocycles. The Bertz CT molecular complexity index is 1020. The van der Waals surface area contributed by atoms with Crippen LogP contribution in [0.25, 0.3) is 0 Å². The molecule has 3 heterocycles. The van der Waals surface area contributed by atoms with E-state index < -0.39 is 6.17 Å². The molecule has 2 aromatic rings. The van der Waals surface area contributed by atoms with Crippen LogP contribution in [-0.2, 0) is 0 Å². The third kappa shape index (κ3) is 3.42. The summed E-state index contributed by atoms with van der Waals surface area (Å²) in [7, 11) is 1.59. The number of nitrogens with zero attached hydrogens (tertiary/aromatic N) is 5. The molecule has 2 atom stereocenters. The number of pyridine rings is 1. The molecule has 2 fully saturated rings. The highest BCUT2D eigenvalue weighted by atomic mass is 16.5. The van der Waals surface area contributed by atoms with Crippen molar-refractivity contribution in [2.75, 3.05) is 29.6 Å². The first-order chi connectivity index (χ1) is 14.6. The minimum Gasteiger partial charge on any atom is -0.495 e. The second-order valence-corrected chi connectivity index (χ2v) is 7.65. The van der Waals surface area contributed by atoms with Crippen molar-refractivity contribution in [3.63, 3.8) is 0 Å². The lowest BCUT2D eigenvalue weighted by Gasteiger charge is -2.44. The van der Waals surface area contributed by atoms with Crippen LogP contribution >= 0.6 is 0 Å². The standard InChI is InChI=1S/C21H23N7O2/c1-30-17-7-8-18(23-11-17)25-20-24-10-13-12-27(15-5-6-15)21(29)28(19(13)26-20)16-4-2-3-14(22)9-16/h2-4,7-11,13,15,19H,5-6,12,22H2,1H3,(H,23,25,26). The van der Waals surface area contributed by atoms with Crippen LogP contribution in [0.15, 0.2) is 52.6 Å². The molecule has 1 aliphatic carbocycles. The van der Waals surface area contributed by atoms with Crippen LogP contribution in [0, 0.1) is 5.92 Å². The zero-order valence-electron chi connectivity index (χ0n) is 16.6. The van der Waals surface area contributed by atoms with E-state index in [2.05, 4.69) is 15.3 Å². The molecule has 2 aliphatic heterocycles. The Morgan fingerprint density at radius 2 is 2.10 bits per heavy atom. The molecule has 1 aromatic carbocycles. The number of hydrogen-bond acceptors (Lipinski definition) is 7. The lowest BCUT2D eigenvalue weighted by atomic mass is 10.0. The fraction of sp³-hybridized carbons (Fsp3) is 0.333. The van der Waals surface area contributed by atoms with Crippen molar-refractivity contribution in [1.29, 1.82) is 0 Å². The molecule has 0 spiro atoms. The number of amides is 2. The third-order valence-electron chi connectivity index (χ3n) is 5.50. The maximum atomic E-state index is 13.4. The number of carbonyl (C=O) groups is 1. The van der Waals surface area contributed by atoms with E-state index in [0.29, 0.717) is 35.8 Å². The molecule has 9 nitrogen and oxygen atoms in total. The van der Waals surface area contributed by atoms with Crippen molar-refractivity contribution in [3.8, 4) is 5.75 Å². The van der Waals surface area contributed by atoms with Gasteiger partial charge in [-0.15, -0.1) is 0 Å². The zero-order valence-corrected chi connectivity index (χ0v) is 16.6. The van der Waals surface area contributed by atoms with E-state index in [4.69, 9.17) is 15.5 Å². The lowest BCUT2D eigenvalue weighted by molar-refractivity contribution is 0.174. The maximum Gasteiger partial charge on any atom is 0.326 e. The van der Waals surface area contributed by atoms with Crippen LogP contribution < -0.4 is 20.7 Å². The Kier molecular flexibility index (Phi) is 4.50. The van der Waals surface area contributed by atoms with Crippen LogP contribution in [0.2, 0.25) is 0 Å². The number of nitrogens with one attached hydrogen (secondary N) is 1. The van der Waals surface area contributed by atoms with Gasteiger partial charge in [0, 0.05) is 30.2 Å². The van der Waals surface area contributed by atoms with E-state index in [9.17, 15) is 4.79 Å². The molecule has 3 aliphatic rings. The van der Waals surface area contributed by atoms with Gasteiger partial charge >= 0.3 is 6.03 Å². The van der Waals surface area contributed by atoms with Gasteiger partial charge < -0.3 is 20.7 Å². The Morgan fingerprint density at radius 3 is 2.80 bits per heavy atom. The Morgan fingerprint density at radius 1 is 1.23 bits per heavy atom. The first-order valence-corrected chi connectivity index (χ1v) is 9.97. The molecular weight excluding hydrogens is 382 g/mol. The molecular formula is C21H23N7O2. The average molecular weight is 405 g/mol. The van der Waals surface area contributed by atoms with Gasteiger partial charge in [0.15, 0.2) is 0 Å². The van der Waals surface area contributed by atoms with E-state index in [0.717, 1.165) is 18.5 Å². The van der Waals surface area contributed by atoms with E-state index in [1.54, 1.807) is 24.3 Å². The molecule has 1 saturated heterocycles. The van der Waals surface area contributed by atoms with Crippen LogP contribution in [0.3, 0.4) is 0 Å². The van der Waals surface area contributed by atoms with Gasteiger partial charge in [-0.2, -0.15) is 0 Å². The van der Waals surface area contributed by atoms with E-state index in [1.807, 2.05) is 41.4 Å². The number of fused-ring (bicyclic) bond motifs is 1. The van der Waals surface area contributed by atoms with Gasteiger partial charge in [-0.1, -0.05) is 6.07 Å². The number of nitrogen functional groups attached to an aromatic ring is 1. The Labute approximate surface area is 174 Å². The molecule has 9 heteroatoms. The van der Waals surface area contributed by atoms with Gasteiger partial charge in [0.1, 0.15) is 17.7 Å². The van der Waals surface area contributed by atoms with Crippen molar-refractivity contribution >= 4 is 35.4 Å². The number of rotatable bonds is 4. The Hall–Kier alpha value is -3.62. The predicted molar refractivity (Wildman–Crippen MR) is 116 cm³/mol. The number of aromatic nitrogens is 1. The summed E-state index contributed by atoms with van der Waals surface area (Å²) in [6, 6.07) is 11.2. The van der Waals surface area contributed by atoms with Gasteiger partial charge in [-0.3, -0.25) is 4.90 Å². The van der Waals surface area contributed by atoms with Crippen molar-refractivity contribution in [2.24, 2.45) is 15.9 Å². The average Bonchev–Trinajstić information content (AvgIpc) is 3.59. The van der Waals surface area contributed by atoms with Gasteiger partial charge in [0.2, 0.25) is 5.96 Å². The highest BCUT2D eigenvalue weighted by Crippen LogP contribution is 2.36. The van der Waals surface area contributed by atoms with E-state index in [-0.39, 0.29) is 11.9 Å². The molecule has 154 valence electrons. The molecule has 2 unspecified atom stereocenters. The fourth-order valence-corrected chi connectivity index (χ4v) is 3.83. The summed E-state index contributed by atoms with van der Waals surface area (Å²) in [6.07, 6.45) is 5.20. The second-order valence-electron chi connectivity index (χ2n) is 7.65. The summed E-state index contributed by atoms with van der Waals surface area (Å²) in [6.45, 7) is 0.619. The highest BCUT2D eigenvalue weighted by molar-refractivity contribution is 6.02. The molecule has 1 saturated carbocycles. The summed E-state index contributed by atoms with van der Waals surface area (Å²) in [5.41, 5.74) is 7.34. The summed E-state index contributed by atoms with van der Waals surface area (Å²) in [5, 5.41) is 3.12. The number of urea groups is 1. The fourth-order valence-electron chi connectivity index (χ4n) is 3.83. The molecule has 5 rings (SSSR count). The summed E-state index contributed by atoms with van der Waals surface area (Å²) in [4.78, 5) is 30.6. The summed E-state index contributed by atoms with van der Waals surface area (Å²) >= 11 is 0. The Balaban J connectivity index is 1.46. The summed E-state index contributed by atoms with van der Waals surface area (Å²) in [5.74, 6) is 1.68. The van der Waals surface area contributed by atoms with Crippen LogP contribution in [0.5, 0.6) is 5.75 Å². The molecule has 0 bridgehead atoms. The largest absolute Gasteiger partial charge is 0.495 e. The smallest absolute Gasteiger partial charge is 0.326 e. The first kappa shape index (κ1) is 18.4. The van der Waals surface area contributed by atoms with Crippen LogP contribution in [0.1, 0.15) is 12.8 Å². The van der Waals surface area contributed by atoms with Gasteiger partial charge in [0.05, 0.1) is 19.2 Å². The molecule has 0 radical (unpaired) electrons. The number of ether oxygens (including phenoxy) is 1. The molecule has 30 heavy (non-hydrogen) atoms. The van der Waals surface area contributed by atoms with E-state index >= 15 is 0 Å². The van der Waals surface area contributed by atoms with Crippen molar-refractivity contribution in [2.45, 2.75) is 25.0 Å². The zero-order chi connectivity index (χ0) is 20.7. The quantitative estimate of drug-likeness (QED) is 0.760. The minimum absolute atomic E-state index is 0.000827.